The third kappa shape index (κ3) is 4.04. The lowest BCUT2D eigenvalue weighted by Crippen LogP contribution is -2.41. The Hall–Kier alpha value is -1.40. The van der Waals surface area contributed by atoms with E-state index >= 15 is 0 Å². The summed E-state index contributed by atoms with van der Waals surface area (Å²) in [7, 11) is 0. The van der Waals surface area contributed by atoms with Gasteiger partial charge in [-0.3, -0.25) is 4.79 Å². The van der Waals surface area contributed by atoms with Crippen LogP contribution in [0.4, 0.5) is 5.13 Å². The molecular weight excluding hydrogens is 302 g/mol. The first-order valence-electron chi connectivity index (χ1n) is 7.25. The maximum atomic E-state index is 11.9. The van der Waals surface area contributed by atoms with Crippen LogP contribution in [0.25, 0.3) is 0 Å². The number of anilines is 1. The highest BCUT2D eigenvalue weighted by atomic mass is 32.1. The SMILES string of the molecule is O=C(Cc1cccs1)NCC1CCCN(c2nccs2)C1. The van der Waals surface area contributed by atoms with Gasteiger partial charge >= 0.3 is 0 Å². The van der Waals surface area contributed by atoms with Gasteiger partial charge in [0.25, 0.3) is 0 Å². The minimum Gasteiger partial charge on any atom is -0.355 e. The van der Waals surface area contributed by atoms with E-state index in [0.717, 1.165) is 29.6 Å². The Balaban J connectivity index is 1.45. The summed E-state index contributed by atoms with van der Waals surface area (Å²) in [6.45, 7) is 2.84. The second-order valence-corrected chi connectivity index (χ2v) is 7.23. The van der Waals surface area contributed by atoms with E-state index in [-0.39, 0.29) is 5.91 Å². The number of thiazole rings is 1. The van der Waals surface area contributed by atoms with Gasteiger partial charge in [-0.15, -0.1) is 22.7 Å². The first-order valence-corrected chi connectivity index (χ1v) is 9.01. The number of aromatic nitrogens is 1. The van der Waals surface area contributed by atoms with Crippen LogP contribution in [0.5, 0.6) is 0 Å². The van der Waals surface area contributed by atoms with E-state index in [1.807, 2.05) is 29.1 Å². The molecule has 3 rings (SSSR count). The number of nitrogens with zero attached hydrogens (tertiary/aromatic N) is 2. The maximum absolute atomic E-state index is 11.9. The molecule has 112 valence electrons. The number of piperidine rings is 1. The van der Waals surface area contributed by atoms with Gasteiger partial charge in [0, 0.05) is 36.1 Å². The summed E-state index contributed by atoms with van der Waals surface area (Å²) in [5.74, 6) is 0.652. The Morgan fingerprint density at radius 2 is 2.38 bits per heavy atom. The molecule has 0 saturated carbocycles. The molecule has 1 aliphatic rings. The van der Waals surface area contributed by atoms with Gasteiger partial charge in [-0.1, -0.05) is 6.07 Å². The summed E-state index contributed by atoms with van der Waals surface area (Å²) in [6.07, 6.45) is 4.71. The maximum Gasteiger partial charge on any atom is 0.225 e. The fourth-order valence-electron chi connectivity index (χ4n) is 2.67. The van der Waals surface area contributed by atoms with Crippen molar-refractivity contribution >= 4 is 33.7 Å². The van der Waals surface area contributed by atoms with Gasteiger partial charge in [0.05, 0.1) is 6.42 Å². The summed E-state index contributed by atoms with van der Waals surface area (Å²) in [5.41, 5.74) is 0. The molecule has 6 heteroatoms. The number of amides is 1. The molecule has 4 nitrogen and oxygen atoms in total. The van der Waals surface area contributed by atoms with Crippen molar-refractivity contribution in [1.29, 1.82) is 0 Å². The lowest BCUT2D eigenvalue weighted by molar-refractivity contribution is -0.120. The molecule has 0 spiro atoms. The highest BCUT2D eigenvalue weighted by Gasteiger charge is 2.21. The molecule has 1 aliphatic heterocycles. The molecule has 1 fully saturated rings. The van der Waals surface area contributed by atoms with E-state index in [2.05, 4.69) is 15.2 Å². The van der Waals surface area contributed by atoms with E-state index in [1.165, 1.54) is 12.8 Å². The van der Waals surface area contributed by atoms with Crippen LogP contribution >= 0.6 is 22.7 Å². The van der Waals surface area contributed by atoms with Crippen molar-refractivity contribution in [2.24, 2.45) is 5.92 Å². The third-order valence-electron chi connectivity index (χ3n) is 3.71. The molecular formula is C15H19N3OS2. The van der Waals surface area contributed by atoms with Crippen LogP contribution in [0, 0.1) is 5.92 Å². The van der Waals surface area contributed by atoms with E-state index in [9.17, 15) is 4.79 Å². The van der Waals surface area contributed by atoms with Crippen LogP contribution in [-0.2, 0) is 11.2 Å². The molecule has 3 heterocycles. The largest absolute Gasteiger partial charge is 0.355 e. The zero-order chi connectivity index (χ0) is 14.5. The number of nitrogens with one attached hydrogen (secondary N) is 1. The molecule has 1 saturated heterocycles. The Kier molecular flexibility index (Phi) is 4.87. The topological polar surface area (TPSA) is 45.2 Å². The highest BCUT2D eigenvalue weighted by Crippen LogP contribution is 2.24. The van der Waals surface area contributed by atoms with Crippen LogP contribution in [0.2, 0.25) is 0 Å². The van der Waals surface area contributed by atoms with Crippen LogP contribution < -0.4 is 10.2 Å². The molecule has 0 aromatic carbocycles. The average molecular weight is 321 g/mol. The Bertz CT molecular complexity index is 554. The summed E-state index contributed by atoms with van der Waals surface area (Å²) in [6, 6.07) is 4.00. The number of thiophene rings is 1. The predicted octanol–water partition coefficient (Wildman–Crippen LogP) is 2.78. The number of carbonyl (C=O) groups excluding carboxylic acids is 1. The van der Waals surface area contributed by atoms with Crippen LogP contribution in [-0.4, -0.2) is 30.5 Å². The molecule has 1 N–H and O–H groups in total. The summed E-state index contributed by atoms with van der Waals surface area (Å²) >= 11 is 3.32. The van der Waals surface area contributed by atoms with E-state index in [0.29, 0.717) is 12.3 Å². The molecule has 2 aromatic heterocycles. The van der Waals surface area contributed by atoms with Gasteiger partial charge in [0.1, 0.15) is 0 Å². The van der Waals surface area contributed by atoms with Crippen molar-refractivity contribution in [3.05, 3.63) is 34.0 Å². The van der Waals surface area contributed by atoms with Crippen molar-refractivity contribution < 1.29 is 4.79 Å². The van der Waals surface area contributed by atoms with Crippen LogP contribution in [0.3, 0.4) is 0 Å². The van der Waals surface area contributed by atoms with Crippen molar-refractivity contribution in [2.45, 2.75) is 19.3 Å². The minimum atomic E-state index is 0.129. The molecule has 21 heavy (non-hydrogen) atoms. The predicted molar refractivity (Wildman–Crippen MR) is 88.1 cm³/mol. The van der Waals surface area contributed by atoms with Gasteiger partial charge in [-0.2, -0.15) is 0 Å². The number of hydrogen-bond donors (Lipinski definition) is 1. The zero-order valence-electron chi connectivity index (χ0n) is 11.8. The van der Waals surface area contributed by atoms with E-state index in [1.54, 1.807) is 22.7 Å². The molecule has 1 atom stereocenters. The quantitative estimate of drug-likeness (QED) is 0.921. The van der Waals surface area contributed by atoms with Crippen molar-refractivity contribution in [3.8, 4) is 0 Å². The van der Waals surface area contributed by atoms with Crippen LogP contribution in [0.1, 0.15) is 17.7 Å². The van der Waals surface area contributed by atoms with E-state index in [4.69, 9.17) is 0 Å². The number of carbonyl (C=O) groups is 1. The van der Waals surface area contributed by atoms with Crippen molar-refractivity contribution in [2.75, 3.05) is 24.5 Å². The second-order valence-electron chi connectivity index (χ2n) is 5.33. The Morgan fingerprint density at radius 1 is 1.43 bits per heavy atom. The number of hydrogen-bond acceptors (Lipinski definition) is 5. The first kappa shape index (κ1) is 14.5. The first-order chi connectivity index (χ1) is 10.3. The second kappa shape index (κ2) is 7.04. The lowest BCUT2D eigenvalue weighted by atomic mass is 9.98. The van der Waals surface area contributed by atoms with Crippen LogP contribution in [0.15, 0.2) is 29.1 Å². The van der Waals surface area contributed by atoms with Gasteiger partial charge in [-0.05, 0) is 30.2 Å². The normalized spacial score (nSPS) is 18.7. The fraction of sp³-hybridized carbons (Fsp3) is 0.467. The summed E-state index contributed by atoms with van der Waals surface area (Å²) < 4.78 is 0. The van der Waals surface area contributed by atoms with Gasteiger partial charge in [0.2, 0.25) is 5.91 Å². The fourth-order valence-corrected chi connectivity index (χ4v) is 4.05. The van der Waals surface area contributed by atoms with Gasteiger partial charge in [-0.25, -0.2) is 4.98 Å². The number of rotatable bonds is 5. The van der Waals surface area contributed by atoms with Gasteiger partial charge in [0.15, 0.2) is 5.13 Å². The zero-order valence-corrected chi connectivity index (χ0v) is 13.5. The molecule has 0 aliphatic carbocycles. The van der Waals surface area contributed by atoms with Gasteiger partial charge < -0.3 is 10.2 Å². The molecule has 0 bridgehead atoms. The average Bonchev–Trinajstić information content (AvgIpc) is 3.19. The Morgan fingerprint density at radius 3 is 3.14 bits per heavy atom. The summed E-state index contributed by atoms with van der Waals surface area (Å²) in [5, 5.41) is 8.21. The standard InChI is InChI=1S/C15H19N3OS2/c19-14(9-13-4-2-7-20-13)17-10-12-3-1-6-18(11-12)15-16-5-8-21-15/h2,4-5,7-8,12H,1,3,6,9-11H2,(H,17,19). The lowest BCUT2D eigenvalue weighted by Gasteiger charge is -2.32. The van der Waals surface area contributed by atoms with Crippen molar-refractivity contribution in [1.82, 2.24) is 10.3 Å². The molecule has 1 amide bonds. The minimum absolute atomic E-state index is 0.129. The highest BCUT2D eigenvalue weighted by molar-refractivity contribution is 7.13. The third-order valence-corrected chi connectivity index (χ3v) is 5.42. The molecule has 2 aromatic rings. The smallest absolute Gasteiger partial charge is 0.225 e. The molecule has 0 radical (unpaired) electrons. The van der Waals surface area contributed by atoms with E-state index < -0.39 is 0 Å². The monoisotopic (exact) mass is 321 g/mol. The van der Waals surface area contributed by atoms with Crippen molar-refractivity contribution in [3.63, 3.8) is 0 Å². The molecule has 1 unspecified atom stereocenters. The summed E-state index contributed by atoms with van der Waals surface area (Å²) in [4.78, 5) is 19.8. The Labute approximate surface area is 132 Å².